The normalized spacial score (nSPS) is 26.6. The van der Waals surface area contributed by atoms with E-state index in [0.717, 1.165) is 43.2 Å². The Balaban J connectivity index is 1.31. The molecule has 0 bridgehead atoms. The second kappa shape index (κ2) is 7.72. The third-order valence-corrected chi connectivity index (χ3v) is 7.03. The molecular weight excluding hydrogens is 386 g/mol. The van der Waals surface area contributed by atoms with Gasteiger partial charge < -0.3 is 15.4 Å². The van der Waals surface area contributed by atoms with Crippen molar-refractivity contribution < 1.29 is 4.74 Å². The summed E-state index contributed by atoms with van der Waals surface area (Å²) in [6.07, 6.45) is 5.07. The quantitative estimate of drug-likeness (QED) is 0.689. The second-order valence-electron chi connectivity index (χ2n) is 8.01. The van der Waals surface area contributed by atoms with E-state index in [4.69, 9.17) is 10.5 Å². The van der Waals surface area contributed by atoms with E-state index in [1.54, 1.807) is 7.11 Å². The van der Waals surface area contributed by atoms with Crippen LogP contribution in [-0.4, -0.2) is 51.5 Å². The van der Waals surface area contributed by atoms with Crippen molar-refractivity contribution in [2.45, 2.75) is 31.4 Å². The summed E-state index contributed by atoms with van der Waals surface area (Å²) in [6, 6.07) is 10.6. The van der Waals surface area contributed by atoms with Gasteiger partial charge >= 0.3 is 0 Å². The molecule has 2 aromatic heterocycles. The summed E-state index contributed by atoms with van der Waals surface area (Å²) < 4.78 is 7.91. The number of anilines is 2. The zero-order valence-corrected chi connectivity index (χ0v) is 17.2. The number of ether oxygens (including phenoxy) is 1. The molecule has 152 valence electrons. The summed E-state index contributed by atoms with van der Waals surface area (Å²) >= 11 is 1.46. The lowest BCUT2D eigenvalue weighted by molar-refractivity contribution is -0.00542. The molecule has 1 aliphatic carbocycles. The number of fused-ring (bicyclic) bond motifs is 1. The zero-order valence-electron chi connectivity index (χ0n) is 16.4. The Bertz CT molecular complexity index is 959. The molecule has 0 radical (unpaired) electrons. The largest absolute Gasteiger partial charge is 0.379 e. The maximum absolute atomic E-state index is 5.89. The molecule has 29 heavy (non-hydrogen) atoms. The minimum Gasteiger partial charge on any atom is -0.379 e. The molecule has 0 amide bonds. The van der Waals surface area contributed by atoms with E-state index in [0.29, 0.717) is 17.0 Å². The number of methoxy groups -OCH3 is 1. The van der Waals surface area contributed by atoms with Crippen molar-refractivity contribution >= 4 is 21.6 Å². The van der Waals surface area contributed by atoms with E-state index in [1.165, 1.54) is 16.9 Å². The van der Waals surface area contributed by atoms with Crippen LogP contribution in [0.1, 0.15) is 30.1 Å². The van der Waals surface area contributed by atoms with Crippen molar-refractivity contribution in [3.8, 4) is 0 Å². The van der Waals surface area contributed by atoms with E-state index < -0.39 is 0 Å². The van der Waals surface area contributed by atoms with Crippen LogP contribution in [0.2, 0.25) is 0 Å². The van der Waals surface area contributed by atoms with Crippen molar-refractivity contribution in [2.24, 2.45) is 11.8 Å². The monoisotopic (exact) mass is 411 g/mol. The predicted molar refractivity (Wildman–Crippen MR) is 112 cm³/mol. The maximum Gasteiger partial charge on any atom is 0.210 e. The van der Waals surface area contributed by atoms with Crippen LogP contribution in [0.25, 0.3) is 0 Å². The van der Waals surface area contributed by atoms with Gasteiger partial charge in [0.05, 0.1) is 17.8 Å². The molecule has 3 heterocycles. The van der Waals surface area contributed by atoms with Gasteiger partial charge in [0.1, 0.15) is 0 Å². The first kappa shape index (κ1) is 18.5. The summed E-state index contributed by atoms with van der Waals surface area (Å²) in [6.45, 7) is 1.97. The minimum atomic E-state index is 0.141. The molecule has 4 atom stereocenters. The molecule has 1 aromatic carbocycles. The van der Waals surface area contributed by atoms with Gasteiger partial charge in [0.15, 0.2) is 0 Å². The van der Waals surface area contributed by atoms with Crippen LogP contribution >= 0.6 is 11.3 Å². The smallest absolute Gasteiger partial charge is 0.210 e. The Morgan fingerprint density at radius 1 is 1.10 bits per heavy atom. The molecule has 1 saturated carbocycles. The van der Waals surface area contributed by atoms with Crippen LogP contribution in [0.3, 0.4) is 0 Å². The summed E-state index contributed by atoms with van der Waals surface area (Å²) in [5.74, 6) is 1.17. The molecule has 1 saturated heterocycles. The Hall–Kier alpha value is -2.52. The van der Waals surface area contributed by atoms with E-state index in [9.17, 15) is 0 Å². The third-order valence-electron chi connectivity index (χ3n) is 6.21. The molecule has 2 N–H and O–H groups in total. The van der Waals surface area contributed by atoms with Crippen molar-refractivity contribution in [3.63, 3.8) is 0 Å². The average molecular weight is 412 g/mol. The first-order valence-corrected chi connectivity index (χ1v) is 10.8. The topological polar surface area (TPSA) is 95.0 Å². The van der Waals surface area contributed by atoms with Gasteiger partial charge in [-0.1, -0.05) is 46.9 Å². The zero-order chi connectivity index (χ0) is 19.8. The second-order valence-corrected chi connectivity index (χ2v) is 9.00. The van der Waals surface area contributed by atoms with E-state index in [1.807, 2.05) is 10.7 Å². The number of nitrogens with zero attached hydrogens (tertiary/aromatic N) is 6. The van der Waals surface area contributed by atoms with Crippen molar-refractivity contribution in [1.82, 2.24) is 25.2 Å². The molecule has 5 rings (SSSR count). The SMILES string of the molecule is CO[C@@H]1C[C@H]2CN(c3nnc(N)s3)C[C@H]2C[C@H]1n1cc(Cc2ccccc2)nn1. The Morgan fingerprint density at radius 2 is 1.90 bits per heavy atom. The van der Waals surface area contributed by atoms with Gasteiger partial charge in [0.2, 0.25) is 10.3 Å². The van der Waals surface area contributed by atoms with Gasteiger partial charge in [-0.15, -0.1) is 15.3 Å². The highest BCUT2D eigenvalue weighted by atomic mass is 32.1. The number of rotatable bonds is 5. The number of benzene rings is 1. The fourth-order valence-electron chi connectivity index (χ4n) is 4.79. The van der Waals surface area contributed by atoms with Crippen LogP contribution in [0.4, 0.5) is 10.3 Å². The first-order chi connectivity index (χ1) is 14.2. The summed E-state index contributed by atoms with van der Waals surface area (Å²) in [5, 5.41) is 18.5. The number of nitrogen functional groups attached to an aromatic ring is 1. The minimum absolute atomic E-state index is 0.141. The van der Waals surface area contributed by atoms with Gasteiger partial charge in [0, 0.05) is 32.8 Å². The summed E-state index contributed by atoms with van der Waals surface area (Å²) in [5.41, 5.74) is 8.01. The first-order valence-electron chi connectivity index (χ1n) is 10.0. The highest BCUT2D eigenvalue weighted by Gasteiger charge is 2.44. The fourth-order valence-corrected chi connectivity index (χ4v) is 5.42. The summed E-state index contributed by atoms with van der Waals surface area (Å²) in [4.78, 5) is 2.32. The van der Waals surface area contributed by atoms with Gasteiger partial charge in [-0.05, 0) is 30.2 Å². The molecule has 1 aliphatic heterocycles. The summed E-state index contributed by atoms with van der Waals surface area (Å²) in [7, 11) is 1.80. The van der Waals surface area contributed by atoms with E-state index in [-0.39, 0.29) is 12.1 Å². The average Bonchev–Trinajstić information content (AvgIpc) is 3.46. The van der Waals surface area contributed by atoms with Gasteiger partial charge in [-0.2, -0.15) is 0 Å². The lowest BCUT2D eigenvalue weighted by atomic mass is 9.77. The van der Waals surface area contributed by atoms with Crippen LogP contribution in [0, 0.1) is 11.8 Å². The predicted octanol–water partition coefficient (Wildman–Crippen LogP) is 2.41. The molecule has 0 unspecified atom stereocenters. The van der Waals surface area contributed by atoms with E-state index in [2.05, 4.69) is 55.9 Å². The lowest BCUT2D eigenvalue weighted by Gasteiger charge is -2.36. The highest BCUT2D eigenvalue weighted by Crippen LogP contribution is 2.43. The van der Waals surface area contributed by atoms with Crippen molar-refractivity contribution in [1.29, 1.82) is 0 Å². The third kappa shape index (κ3) is 3.72. The number of aromatic nitrogens is 5. The highest BCUT2D eigenvalue weighted by molar-refractivity contribution is 7.18. The van der Waals surface area contributed by atoms with E-state index >= 15 is 0 Å². The van der Waals surface area contributed by atoms with Gasteiger partial charge in [-0.3, -0.25) is 0 Å². The standard InChI is InChI=1S/C20H25N7OS/c1-28-18-9-15-11-26(20-24-23-19(21)29-20)10-14(15)8-17(18)27-12-16(22-25-27)7-13-5-3-2-4-6-13/h2-6,12,14-15,17-18H,7-11H2,1H3,(H2,21,23)/t14-,15+,17-,18-/m1/s1. The van der Waals surface area contributed by atoms with Crippen molar-refractivity contribution in [3.05, 3.63) is 47.8 Å². The number of hydrogen-bond acceptors (Lipinski definition) is 8. The van der Waals surface area contributed by atoms with Crippen LogP contribution < -0.4 is 10.6 Å². The Morgan fingerprint density at radius 3 is 2.62 bits per heavy atom. The molecule has 8 nitrogen and oxygen atoms in total. The van der Waals surface area contributed by atoms with Gasteiger partial charge in [0.25, 0.3) is 0 Å². The number of hydrogen-bond donors (Lipinski definition) is 1. The Kier molecular flexibility index (Phi) is 4.92. The fraction of sp³-hybridized carbons (Fsp3) is 0.500. The van der Waals surface area contributed by atoms with Crippen molar-refractivity contribution in [2.75, 3.05) is 30.8 Å². The van der Waals surface area contributed by atoms with Crippen LogP contribution in [0.5, 0.6) is 0 Å². The number of nitrogens with two attached hydrogens (primary N) is 1. The molecule has 2 fully saturated rings. The lowest BCUT2D eigenvalue weighted by Crippen LogP contribution is -2.37. The molecule has 0 spiro atoms. The molecule has 9 heteroatoms. The van der Waals surface area contributed by atoms with Crippen LogP contribution in [-0.2, 0) is 11.2 Å². The molecule has 3 aromatic rings. The maximum atomic E-state index is 5.89. The molecule has 2 aliphatic rings. The van der Waals surface area contributed by atoms with Crippen LogP contribution in [0.15, 0.2) is 36.5 Å². The molecular formula is C20H25N7OS. The van der Waals surface area contributed by atoms with Gasteiger partial charge in [-0.25, -0.2) is 4.68 Å². The Labute approximate surface area is 173 Å².